The average Bonchev–Trinajstić information content (AvgIpc) is 3.52. The van der Waals surface area contributed by atoms with E-state index in [1.165, 1.54) is 0 Å². The van der Waals surface area contributed by atoms with Crippen LogP contribution in [0.2, 0.25) is 5.28 Å². The highest BCUT2D eigenvalue weighted by molar-refractivity contribution is 8.00. The predicted molar refractivity (Wildman–Crippen MR) is 127 cm³/mol. The third-order valence-corrected chi connectivity index (χ3v) is 8.69. The second-order valence-electron chi connectivity index (χ2n) is 8.93. The average molecular weight is 507 g/mol. The number of carbonyl (C=O) groups is 2. The maximum Gasteiger partial charge on any atom is 0.237 e. The van der Waals surface area contributed by atoms with Crippen LogP contribution in [-0.2, 0) is 16.0 Å². The molecule has 0 unspecified atom stereocenters. The van der Waals surface area contributed by atoms with Gasteiger partial charge in [0.05, 0.1) is 23.6 Å². The second kappa shape index (κ2) is 9.20. The van der Waals surface area contributed by atoms with E-state index in [-0.39, 0.29) is 39.8 Å². The summed E-state index contributed by atoms with van der Waals surface area (Å²) >= 11 is 7.39. The molecule has 0 radical (unpaired) electrons. The van der Waals surface area contributed by atoms with E-state index in [9.17, 15) is 19.2 Å². The van der Waals surface area contributed by atoms with Crippen molar-refractivity contribution < 1.29 is 19.2 Å². The summed E-state index contributed by atoms with van der Waals surface area (Å²) < 4.78 is 14.3. The van der Waals surface area contributed by atoms with Gasteiger partial charge >= 0.3 is 0 Å². The van der Waals surface area contributed by atoms with E-state index in [1.807, 2.05) is 6.07 Å². The number of aromatic nitrogens is 2. The number of thioether (sulfide) groups is 1. The summed E-state index contributed by atoms with van der Waals surface area (Å²) in [6.45, 7) is 0.599. The minimum absolute atomic E-state index is 0.00815. The molecule has 2 amide bonds. The first-order chi connectivity index (χ1) is 16.4. The minimum atomic E-state index is -0.654. The molecule has 1 aromatic carbocycles. The Morgan fingerprint density at radius 2 is 2.18 bits per heavy atom. The Balaban J connectivity index is 1.28. The van der Waals surface area contributed by atoms with Crippen LogP contribution in [0.5, 0.6) is 0 Å². The zero-order chi connectivity index (χ0) is 24.0. The lowest BCUT2D eigenvalue weighted by Crippen LogP contribution is -2.46. The van der Waals surface area contributed by atoms with Crippen LogP contribution in [0.3, 0.4) is 0 Å². The van der Waals surface area contributed by atoms with E-state index < -0.39 is 23.7 Å². The molecular formula is C22H24ClFN6O3S. The molecule has 2 bridgehead atoms. The summed E-state index contributed by atoms with van der Waals surface area (Å²) in [4.78, 5) is 34.5. The molecule has 2 heterocycles. The van der Waals surface area contributed by atoms with Crippen molar-refractivity contribution in [3.63, 3.8) is 0 Å². The summed E-state index contributed by atoms with van der Waals surface area (Å²) in [5.74, 6) is -1.20. The van der Waals surface area contributed by atoms with Crippen molar-refractivity contribution in [3.8, 4) is 0 Å². The van der Waals surface area contributed by atoms with Gasteiger partial charge in [-0.2, -0.15) is 4.98 Å². The van der Waals surface area contributed by atoms with Gasteiger partial charge in [0.1, 0.15) is 0 Å². The van der Waals surface area contributed by atoms with Crippen LogP contribution in [0.1, 0.15) is 18.4 Å². The van der Waals surface area contributed by atoms with Gasteiger partial charge in [-0.1, -0.05) is 6.07 Å². The van der Waals surface area contributed by atoms with E-state index in [2.05, 4.69) is 20.8 Å². The summed E-state index contributed by atoms with van der Waals surface area (Å²) in [5.41, 5.74) is 10.2. The number of rotatable bonds is 7. The van der Waals surface area contributed by atoms with Crippen molar-refractivity contribution in [2.75, 3.05) is 28.0 Å². The summed E-state index contributed by atoms with van der Waals surface area (Å²) in [7, 11) is 0. The highest BCUT2D eigenvalue weighted by Crippen LogP contribution is 2.53. The van der Waals surface area contributed by atoms with E-state index in [0.717, 1.165) is 36.7 Å². The van der Waals surface area contributed by atoms with Crippen molar-refractivity contribution in [2.24, 2.45) is 23.5 Å². The molecule has 3 aliphatic rings. The minimum Gasteiger partial charge on any atom is -0.369 e. The number of primary amides is 1. The Labute approximate surface area is 204 Å². The van der Waals surface area contributed by atoms with Crippen molar-refractivity contribution in [2.45, 2.75) is 30.6 Å². The van der Waals surface area contributed by atoms with Crippen LogP contribution in [0, 0.1) is 23.6 Å². The molecule has 12 heteroatoms. The second-order valence-corrected chi connectivity index (χ2v) is 10.5. The van der Waals surface area contributed by atoms with E-state index in [1.54, 1.807) is 28.8 Å². The van der Waals surface area contributed by atoms with Crippen molar-refractivity contribution in [1.82, 2.24) is 9.97 Å². The Bertz CT molecular complexity index is 1140. The monoisotopic (exact) mass is 506 g/mol. The molecule has 1 aliphatic heterocycles. The number of carbonyl (C=O) groups excluding carboxylic acids is 2. The largest absolute Gasteiger partial charge is 0.369 e. The molecule has 1 aromatic heterocycles. The quantitative estimate of drug-likeness (QED) is 0.333. The van der Waals surface area contributed by atoms with Gasteiger partial charge in [0.2, 0.25) is 17.1 Å². The topological polar surface area (TPSA) is 133 Å². The third kappa shape index (κ3) is 4.16. The van der Waals surface area contributed by atoms with E-state index >= 15 is 0 Å². The number of nitrogens with two attached hydrogens (primary N) is 1. The van der Waals surface area contributed by atoms with Crippen molar-refractivity contribution >= 4 is 52.4 Å². The first-order valence-corrected chi connectivity index (χ1v) is 12.5. The zero-order valence-corrected chi connectivity index (χ0v) is 19.7. The SMILES string of the molecule is NC(=O)[C@H]1[C@H]2C[C@@H]([C@H]1Nc1nc(Cl)ncc1F)[C@H](SCC(=O)N1CCc3ccc(NO)cc31)C2. The van der Waals surface area contributed by atoms with Gasteiger partial charge in [-0.15, -0.1) is 11.8 Å². The Kier molecular flexibility index (Phi) is 6.26. The number of hydrogen-bond acceptors (Lipinski definition) is 8. The van der Waals surface area contributed by atoms with Gasteiger partial charge in [0, 0.05) is 23.5 Å². The van der Waals surface area contributed by atoms with Crippen LogP contribution >= 0.6 is 23.4 Å². The first kappa shape index (κ1) is 23.1. The number of amides is 2. The van der Waals surface area contributed by atoms with Gasteiger partial charge in [0.25, 0.3) is 0 Å². The summed E-state index contributed by atoms with van der Waals surface area (Å²) in [5, 5.41) is 12.3. The summed E-state index contributed by atoms with van der Waals surface area (Å²) in [6, 6.07) is 5.05. The number of fused-ring (bicyclic) bond motifs is 3. The molecule has 5 rings (SSSR count). The number of nitrogens with one attached hydrogen (secondary N) is 2. The highest BCUT2D eigenvalue weighted by atomic mass is 35.5. The molecule has 2 saturated carbocycles. The molecule has 9 nitrogen and oxygen atoms in total. The maximum absolute atomic E-state index is 14.3. The Hall–Kier alpha value is -2.63. The third-order valence-electron chi connectivity index (χ3n) is 7.12. The molecule has 34 heavy (non-hydrogen) atoms. The summed E-state index contributed by atoms with van der Waals surface area (Å²) in [6.07, 6.45) is 3.30. The smallest absolute Gasteiger partial charge is 0.237 e. The zero-order valence-electron chi connectivity index (χ0n) is 18.1. The van der Waals surface area contributed by atoms with Gasteiger partial charge in [0.15, 0.2) is 11.6 Å². The van der Waals surface area contributed by atoms with Crippen molar-refractivity contribution in [1.29, 1.82) is 0 Å². The lowest BCUT2D eigenvalue weighted by Gasteiger charge is -2.35. The number of benzene rings is 1. The molecule has 0 spiro atoms. The number of hydrogen-bond donors (Lipinski definition) is 4. The van der Waals surface area contributed by atoms with E-state index in [0.29, 0.717) is 12.2 Å². The fourth-order valence-electron chi connectivity index (χ4n) is 5.67. The van der Waals surface area contributed by atoms with Gasteiger partial charge < -0.3 is 16.0 Å². The number of anilines is 3. The molecule has 2 aliphatic carbocycles. The van der Waals surface area contributed by atoms with E-state index in [4.69, 9.17) is 17.3 Å². The molecule has 5 N–H and O–H groups in total. The molecule has 2 fully saturated rings. The molecule has 180 valence electrons. The standard InChI is InChI=1S/C22H24ClFN6O3S/c23-22-26-8-14(24)21(28-22)27-19-13-5-11(18(19)20(25)32)6-16(13)34-9-17(31)30-4-3-10-1-2-12(29-33)7-15(10)30/h1-2,7-8,11,13,16,18-19,29,33H,3-6,9H2,(H2,25,32)(H,26,27,28)/t11-,13+,16+,18-,19+/m0/s1. The van der Waals surface area contributed by atoms with Crippen LogP contribution in [0.4, 0.5) is 21.6 Å². The highest BCUT2D eigenvalue weighted by Gasteiger charge is 2.55. The van der Waals surface area contributed by atoms with Crippen molar-refractivity contribution in [3.05, 3.63) is 41.1 Å². The first-order valence-electron chi connectivity index (χ1n) is 11.0. The van der Waals surface area contributed by atoms with Crippen LogP contribution in [-0.4, -0.2) is 50.6 Å². The van der Waals surface area contributed by atoms with Crippen LogP contribution in [0.25, 0.3) is 0 Å². The number of nitrogens with zero attached hydrogens (tertiary/aromatic N) is 3. The van der Waals surface area contributed by atoms with Crippen LogP contribution < -0.4 is 21.4 Å². The Morgan fingerprint density at radius 1 is 1.35 bits per heavy atom. The molecular weight excluding hydrogens is 483 g/mol. The predicted octanol–water partition coefficient (Wildman–Crippen LogP) is 2.68. The number of halogens is 2. The normalized spacial score (nSPS) is 27.0. The lowest BCUT2D eigenvalue weighted by atomic mass is 9.83. The fraction of sp³-hybridized carbons (Fsp3) is 0.455. The molecule has 5 atom stereocenters. The Morgan fingerprint density at radius 3 is 2.94 bits per heavy atom. The fourth-order valence-corrected chi connectivity index (χ4v) is 7.22. The van der Waals surface area contributed by atoms with Gasteiger partial charge in [-0.25, -0.2) is 9.37 Å². The maximum atomic E-state index is 14.3. The molecule has 0 saturated heterocycles. The lowest BCUT2D eigenvalue weighted by molar-refractivity contribution is -0.123. The molecule has 2 aromatic rings. The van der Waals surface area contributed by atoms with Gasteiger partial charge in [-0.05, 0) is 60.4 Å². The van der Waals surface area contributed by atoms with Crippen LogP contribution in [0.15, 0.2) is 24.4 Å². The van der Waals surface area contributed by atoms with Gasteiger partial charge in [-0.3, -0.25) is 20.3 Å².